The molecule has 0 N–H and O–H groups in total. The maximum absolute atomic E-state index is 2.18. The average molecular weight is 182 g/mol. The van der Waals surface area contributed by atoms with Gasteiger partial charge in [0, 0.05) is 21.7 Å². The van der Waals surface area contributed by atoms with E-state index in [1.165, 1.54) is 16.4 Å². The highest BCUT2D eigenvalue weighted by Gasteiger charge is 2.21. The molecule has 0 radical (unpaired) electrons. The molecule has 0 saturated carbocycles. The molecule has 11 heavy (non-hydrogen) atoms. The van der Waals surface area contributed by atoms with Crippen molar-refractivity contribution in [3.8, 4) is 0 Å². The third-order valence-corrected chi connectivity index (χ3v) is 3.94. The van der Waals surface area contributed by atoms with E-state index < -0.39 is 0 Å². The quantitative estimate of drug-likeness (QED) is 0.521. The average Bonchev–Trinajstić information content (AvgIpc) is 2.86. The van der Waals surface area contributed by atoms with Crippen LogP contribution in [0.3, 0.4) is 0 Å². The van der Waals surface area contributed by atoms with Crippen molar-refractivity contribution in [3.63, 3.8) is 0 Å². The van der Waals surface area contributed by atoms with E-state index >= 15 is 0 Å². The molecular formula is C9H10S2. The summed E-state index contributed by atoms with van der Waals surface area (Å²) in [5.74, 6) is 2.66. The topological polar surface area (TPSA) is 0 Å². The molecule has 1 heterocycles. The summed E-state index contributed by atoms with van der Waals surface area (Å²) in [4.78, 5) is 1.40. The summed E-state index contributed by atoms with van der Waals surface area (Å²) in [6, 6.07) is 10.6. The predicted molar refractivity (Wildman–Crippen MR) is 53.4 cm³/mol. The van der Waals surface area contributed by atoms with Gasteiger partial charge in [-0.05, 0) is 12.1 Å². The van der Waals surface area contributed by atoms with E-state index in [-0.39, 0.29) is 0 Å². The highest BCUT2D eigenvalue weighted by molar-refractivity contribution is 8.08. The molecule has 1 aliphatic heterocycles. The zero-order chi connectivity index (χ0) is 7.52. The normalized spacial score (nSPS) is 21.6. The summed E-state index contributed by atoms with van der Waals surface area (Å²) in [6.07, 6.45) is 0. The Balaban J connectivity index is 1.85. The van der Waals surface area contributed by atoms with Crippen LogP contribution in [0.15, 0.2) is 35.2 Å². The first-order chi connectivity index (χ1) is 5.45. The maximum atomic E-state index is 2.18. The van der Waals surface area contributed by atoms with Gasteiger partial charge in [0.1, 0.15) is 0 Å². The lowest BCUT2D eigenvalue weighted by Crippen LogP contribution is -1.85. The summed E-state index contributed by atoms with van der Waals surface area (Å²) in [5, 5.41) is 0.945. The fourth-order valence-electron chi connectivity index (χ4n) is 0.870. The number of rotatable bonds is 3. The molecule has 1 atom stereocenters. The van der Waals surface area contributed by atoms with Crippen molar-refractivity contribution in [2.45, 2.75) is 10.1 Å². The van der Waals surface area contributed by atoms with Crippen LogP contribution in [0.25, 0.3) is 0 Å². The Morgan fingerprint density at radius 3 is 2.73 bits per heavy atom. The van der Waals surface area contributed by atoms with Crippen molar-refractivity contribution in [2.24, 2.45) is 0 Å². The SMILES string of the molecule is c1ccc(SCC2CS2)cc1. The van der Waals surface area contributed by atoms with Crippen molar-refractivity contribution in [1.82, 2.24) is 0 Å². The van der Waals surface area contributed by atoms with Crippen LogP contribution in [-0.2, 0) is 0 Å². The molecule has 2 rings (SSSR count). The molecule has 0 bridgehead atoms. The van der Waals surface area contributed by atoms with Crippen LogP contribution in [0.2, 0.25) is 0 Å². The summed E-state index contributed by atoms with van der Waals surface area (Å²) >= 11 is 4.04. The van der Waals surface area contributed by atoms with E-state index in [4.69, 9.17) is 0 Å². The molecule has 0 aliphatic carbocycles. The molecule has 1 aromatic rings. The van der Waals surface area contributed by atoms with Crippen LogP contribution in [0.4, 0.5) is 0 Å². The molecule has 2 heteroatoms. The maximum Gasteiger partial charge on any atom is 0.0232 e. The fourth-order valence-corrected chi connectivity index (χ4v) is 2.71. The zero-order valence-electron chi connectivity index (χ0n) is 6.19. The van der Waals surface area contributed by atoms with Gasteiger partial charge in [-0.1, -0.05) is 18.2 Å². The minimum atomic E-state index is 0.945. The van der Waals surface area contributed by atoms with Crippen LogP contribution >= 0.6 is 23.5 Å². The van der Waals surface area contributed by atoms with Crippen molar-refractivity contribution < 1.29 is 0 Å². The minimum Gasteiger partial charge on any atom is -0.156 e. The molecule has 1 aromatic carbocycles. The molecule has 1 fully saturated rings. The number of hydrogen-bond acceptors (Lipinski definition) is 2. The summed E-state index contributed by atoms with van der Waals surface area (Å²) < 4.78 is 0. The van der Waals surface area contributed by atoms with Crippen molar-refractivity contribution >= 4 is 23.5 Å². The lowest BCUT2D eigenvalue weighted by atomic mass is 10.4. The van der Waals surface area contributed by atoms with E-state index in [1.54, 1.807) is 0 Å². The Labute approximate surface area is 75.8 Å². The van der Waals surface area contributed by atoms with E-state index in [2.05, 4.69) is 42.1 Å². The van der Waals surface area contributed by atoms with Gasteiger partial charge in [0.25, 0.3) is 0 Å². The van der Waals surface area contributed by atoms with Crippen LogP contribution < -0.4 is 0 Å². The second kappa shape index (κ2) is 3.55. The van der Waals surface area contributed by atoms with Crippen LogP contribution in [-0.4, -0.2) is 16.8 Å². The Morgan fingerprint density at radius 1 is 1.36 bits per heavy atom. The first-order valence-electron chi connectivity index (χ1n) is 3.74. The largest absolute Gasteiger partial charge is 0.156 e. The van der Waals surface area contributed by atoms with Gasteiger partial charge in [-0.3, -0.25) is 0 Å². The van der Waals surface area contributed by atoms with Gasteiger partial charge in [0.15, 0.2) is 0 Å². The van der Waals surface area contributed by atoms with Gasteiger partial charge in [-0.2, -0.15) is 11.8 Å². The number of thioether (sulfide) groups is 2. The molecule has 58 valence electrons. The second-order valence-electron chi connectivity index (χ2n) is 2.58. The molecular weight excluding hydrogens is 172 g/mol. The Bertz CT molecular complexity index is 216. The number of hydrogen-bond donors (Lipinski definition) is 0. The Kier molecular flexibility index (Phi) is 2.44. The first kappa shape index (κ1) is 7.56. The van der Waals surface area contributed by atoms with Gasteiger partial charge < -0.3 is 0 Å². The third-order valence-electron chi connectivity index (χ3n) is 1.58. The second-order valence-corrected chi connectivity index (χ2v) is 5.01. The van der Waals surface area contributed by atoms with Crippen molar-refractivity contribution in [2.75, 3.05) is 11.5 Å². The monoisotopic (exact) mass is 182 g/mol. The minimum absolute atomic E-state index is 0.945. The summed E-state index contributed by atoms with van der Waals surface area (Å²) in [5.41, 5.74) is 0. The highest BCUT2D eigenvalue weighted by Crippen LogP contribution is 2.34. The van der Waals surface area contributed by atoms with Crippen LogP contribution in [0, 0.1) is 0 Å². The van der Waals surface area contributed by atoms with E-state index in [0.717, 1.165) is 5.25 Å². The first-order valence-corrected chi connectivity index (χ1v) is 5.78. The van der Waals surface area contributed by atoms with E-state index in [0.29, 0.717) is 0 Å². The molecule has 0 aromatic heterocycles. The molecule has 0 amide bonds. The molecule has 0 spiro atoms. The van der Waals surface area contributed by atoms with E-state index in [9.17, 15) is 0 Å². The smallest absolute Gasteiger partial charge is 0.0232 e. The third kappa shape index (κ3) is 2.46. The molecule has 0 nitrogen and oxygen atoms in total. The standard InChI is InChI=1S/C9H10S2/c1-2-4-8(5-3-1)10-6-9-7-11-9/h1-5,9H,6-7H2. The van der Waals surface area contributed by atoms with Gasteiger partial charge in [0.2, 0.25) is 0 Å². The van der Waals surface area contributed by atoms with Gasteiger partial charge in [0.05, 0.1) is 0 Å². The van der Waals surface area contributed by atoms with E-state index in [1.807, 2.05) is 11.8 Å². The van der Waals surface area contributed by atoms with Gasteiger partial charge in [-0.25, -0.2) is 0 Å². The summed E-state index contributed by atoms with van der Waals surface area (Å²) in [7, 11) is 0. The van der Waals surface area contributed by atoms with Crippen molar-refractivity contribution in [1.29, 1.82) is 0 Å². The number of benzene rings is 1. The Hall–Kier alpha value is -0.0800. The van der Waals surface area contributed by atoms with Crippen molar-refractivity contribution in [3.05, 3.63) is 30.3 Å². The lowest BCUT2D eigenvalue weighted by Gasteiger charge is -1.96. The van der Waals surface area contributed by atoms with Gasteiger partial charge in [-0.15, -0.1) is 11.8 Å². The highest BCUT2D eigenvalue weighted by atomic mass is 32.2. The molecule has 1 saturated heterocycles. The zero-order valence-corrected chi connectivity index (χ0v) is 7.83. The lowest BCUT2D eigenvalue weighted by molar-refractivity contribution is 1.26. The molecule has 1 aliphatic rings. The van der Waals surface area contributed by atoms with Crippen LogP contribution in [0.1, 0.15) is 0 Å². The van der Waals surface area contributed by atoms with Gasteiger partial charge >= 0.3 is 0 Å². The summed E-state index contributed by atoms with van der Waals surface area (Å²) in [6.45, 7) is 0. The predicted octanol–water partition coefficient (Wildman–Crippen LogP) is 2.89. The Morgan fingerprint density at radius 2 is 2.09 bits per heavy atom. The fraction of sp³-hybridized carbons (Fsp3) is 0.333. The molecule has 1 unspecified atom stereocenters. The van der Waals surface area contributed by atoms with Crippen LogP contribution in [0.5, 0.6) is 0 Å².